The summed E-state index contributed by atoms with van der Waals surface area (Å²) in [7, 11) is 3.68. The monoisotopic (exact) mass is 236 g/mol. The van der Waals surface area contributed by atoms with Gasteiger partial charge in [-0.3, -0.25) is 0 Å². The average molecular weight is 236 g/mol. The number of nitrogen functional groups attached to an aromatic ring is 1. The fourth-order valence-electron chi connectivity index (χ4n) is 2.20. The van der Waals surface area contributed by atoms with E-state index < -0.39 is 0 Å². The Hall–Kier alpha value is -1.42. The third-order valence-electron chi connectivity index (χ3n) is 3.15. The van der Waals surface area contributed by atoms with Gasteiger partial charge in [-0.1, -0.05) is 0 Å². The number of nitrogens with two attached hydrogens (primary N) is 1. The number of methoxy groups -OCH3 is 1. The van der Waals surface area contributed by atoms with Crippen LogP contribution in [0.3, 0.4) is 0 Å². The number of ether oxygens (including phenoxy) is 2. The molecule has 4 nitrogen and oxygen atoms in total. The highest BCUT2D eigenvalue weighted by molar-refractivity contribution is 5.69. The van der Waals surface area contributed by atoms with Crippen molar-refractivity contribution in [2.75, 3.05) is 37.9 Å². The maximum Gasteiger partial charge on any atom is 0.121 e. The Labute approximate surface area is 102 Å². The summed E-state index contributed by atoms with van der Waals surface area (Å²) in [5.41, 5.74) is 7.78. The van der Waals surface area contributed by atoms with E-state index in [9.17, 15) is 0 Å². The lowest BCUT2D eigenvalue weighted by molar-refractivity contribution is 0.116. The van der Waals surface area contributed by atoms with E-state index in [1.165, 1.54) is 0 Å². The summed E-state index contributed by atoms with van der Waals surface area (Å²) in [4.78, 5) is 2.14. The summed E-state index contributed by atoms with van der Waals surface area (Å²) in [6, 6.07) is 5.77. The van der Waals surface area contributed by atoms with Crippen LogP contribution >= 0.6 is 0 Å². The van der Waals surface area contributed by atoms with Gasteiger partial charge < -0.3 is 20.1 Å². The average Bonchev–Trinajstić information content (AvgIpc) is 2.81. The molecule has 0 spiro atoms. The summed E-state index contributed by atoms with van der Waals surface area (Å²) in [6.07, 6.45) is 2.64. The lowest BCUT2D eigenvalue weighted by Crippen LogP contribution is -2.29. The molecule has 2 rings (SSSR count). The second-order valence-electron chi connectivity index (χ2n) is 4.44. The highest BCUT2D eigenvalue weighted by Gasteiger charge is 2.18. The first-order valence-electron chi connectivity index (χ1n) is 5.97. The number of benzene rings is 1. The zero-order valence-corrected chi connectivity index (χ0v) is 10.5. The van der Waals surface area contributed by atoms with Crippen molar-refractivity contribution < 1.29 is 9.47 Å². The summed E-state index contributed by atoms with van der Waals surface area (Å²) in [6.45, 7) is 1.77. The number of rotatable bonds is 4. The molecule has 1 heterocycles. The zero-order chi connectivity index (χ0) is 12.3. The SMILES string of the molecule is COc1ccc(N(C)CC2CCCO2)c(N)c1. The third-order valence-corrected chi connectivity index (χ3v) is 3.15. The molecular weight excluding hydrogens is 216 g/mol. The van der Waals surface area contributed by atoms with Gasteiger partial charge in [0.15, 0.2) is 0 Å². The topological polar surface area (TPSA) is 47.7 Å². The van der Waals surface area contributed by atoms with Gasteiger partial charge in [-0.25, -0.2) is 0 Å². The van der Waals surface area contributed by atoms with E-state index in [0.717, 1.165) is 43.1 Å². The Morgan fingerprint density at radius 1 is 1.53 bits per heavy atom. The predicted molar refractivity (Wildman–Crippen MR) is 69.7 cm³/mol. The minimum atomic E-state index is 0.335. The molecule has 1 fully saturated rings. The van der Waals surface area contributed by atoms with Crippen LogP contribution in [0.5, 0.6) is 5.75 Å². The summed E-state index contributed by atoms with van der Waals surface area (Å²) in [5, 5.41) is 0. The van der Waals surface area contributed by atoms with E-state index in [-0.39, 0.29) is 0 Å². The van der Waals surface area contributed by atoms with Crippen molar-refractivity contribution >= 4 is 11.4 Å². The normalized spacial score (nSPS) is 19.3. The van der Waals surface area contributed by atoms with Gasteiger partial charge in [-0.15, -0.1) is 0 Å². The zero-order valence-electron chi connectivity index (χ0n) is 10.5. The fraction of sp³-hybridized carbons (Fsp3) is 0.538. The molecule has 2 N–H and O–H groups in total. The van der Waals surface area contributed by atoms with Gasteiger partial charge in [0.1, 0.15) is 5.75 Å². The molecule has 17 heavy (non-hydrogen) atoms. The highest BCUT2D eigenvalue weighted by atomic mass is 16.5. The molecule has 0 saturated carbocycles. The number of anilines is 2. The van der Waals surface area contributed by atoms with Crippen molar-refractivity contribution in [3.63, 3.8) is 0 Å². The number of hydrogen-bond acceptors (Lipinski definition) is 4. The molecule has 0 amide bonds. The van der Waals surface area contributed by atoms with Gasteiger partial charge >= 0.3 is 0 Å². The van der Waals surface area contributed by atoms with Crippen LogP contribution < -0.4 is 15.4 Å². The van der Waals surface area contributed by atoms with Crippen molar-refractivity contribution in [1.82, 2.24) is 0 Å². The maximum absolute atomic E-state index is 6.01. The molecule has 1 aromatic rings. The largest absolute Gasteiger partial charge is 0.497 e. The standard InChI is InChI=1S/C13H20N2O2/c1-15(9-11-4-3-7-17-11)13-6-5-10(16-2)8-12(13)14/h5-6,8,11H,3-4,7,9,14H2,1-2H3. The third kappa shape index (κ3) is 2.82. The minimum absolute atomic E-state index is 0.335. The second kappa shape index (κ2) is 5.27. The molecule has 4 heteroatoms. The van der Waals surface area contributed by atoms with Gasteiger partial charge in [-0.2, -0.15) is 0 Å². The van der Waals surface area contributed by atoms with E-state index in [0.29, 0.717) is 6.10 Å². The van der Waals surface area contributed by atoms with Crippen molar-refractivity contribution in [2.24, 2.45) is 0 Å². The van der Waals surface area contributed by atoms with Crippen molar-refractivity contribution in [2.45, 2.75) is 18.9 Å². The summed E-state index contributed by atoms with van der Waals surface area (Å²) < 4.78 is 10.8. The van der Waals surface area contributed by atoms with E-state index in [1.54, 1.807) is 7.11 Å². The van der Waals surface area contributed by atoms with Crippen molar-refractivity contribution in [3.05, 3.63) is 18.2 Å². The second-order valence-corrected chi connectivity index (χ2v) is 4.44. The predicted octanol–water partition coefficient (Wildman–Crippen LogP) is 1.89. The molecule has 0 aromatic heterocycles. The number of nitrogens with zero attached hydrogens (tertiary/aromatic N) is 1. The Balaban J connectivity index is 2.04. The van der Waals surface area contributed by atoms with Gasteiger partial charge in [0.25, 0.3) is 0 Å². The van der Waals surface area contributed by atoms with E-state index in [2.05, 4.69) is 4.90 Å². The Bertz CT molecular complexity index is 376. The molecule has 1 aromatic carbocycles. The quantitative estimate of drug-likeness (QED) is 0.811. The van der Waals surface area contributed by atoms with Gasteiger partial charge in [-0.05, 0) is 25.0 Å². The molecule has 0 radical (unpaired) electrons. The molecule has 0 aliphatic carbocycles. The number of likely N-dealkylation sites (N-methyl/N-ethyl adjacent to an activating group) is 1. The van der Waals surface area contributed by atoms with Crippen LogP contribution in [0.2, 0.25) is 0 Å². The van der Waals surface area contributed by atoms with Gasteiger partial charge in [0.05, 0.1) is 24.6 Å². The lowest BCUT2D eigenvalue weighted by atomic mass is 10.2. The molecule has 94 valence electrons. The van der Waals surface area contributed by atoms with E-state index in [1.807, 2.05) is 25.2 Å². The van der Waals surface area contributed by atoms with E-state index >= 15 is 0 Å². The van der Waals surface area contributed by atoms with Gasteiger partial charge in [0.2, 0.25) is 0 Å². The molecule has 1 aliphatic heterocycles. The molecule has 1 unspecified atom stereocenters. The first-order chi connectivity index (χ1) is 8.20. The lowest BCUT2D eigenvalue weighted by Gasteiger charge is -2.24. The Morgan fingerprint density at radius 3 is 2.94 bits per heavy atom. The Kier molecular flexibility index (Phi) is 3.74. The molecule has 1 aliphatic rings. The molecule has 1 saturated heterocycles. The van der Waals surface area contributed by atoms with Crippen molar-refractivity contribution in [3.8, 4) is 5.75 Å². The maximum atomic E-state index is 6.01. The highest BCUT2D eigenvalue weighted by Crippen LogP contribution is 2.27. The first kappa shape index (κ1) is 12.0. The van der Waals surface area contributed by atoms with E-state index in [4.69, 9.17) is 15.2 Å². The Morgan fingerprint density at radius 2 is 2.35 bits per heavy atom. The van der Waals surface area contributed by atoms with Crippen molar-refractivity contribution in [1.29, 1.82) is 0 Å². The van der Waals surface area contributed by atoms with Crippen LogP contribution in [-0.2, 0) is 4.74 Å². The number of hydrogen-bond donors (Lipinski definition) is 1. The van der Waals surface area contributed by atoms with Gasteiger partial charge in [0, 0.05) is 26.3 Å². The minimum Gasteiger partial charge on any atom is -0.497 e. The van der Waals surface area contributed by atoms with Crippen LogP contribution in [0.15, 0.2) is 18.2 Å². The smallest absolute Gasteiger partial charge is 0.121 e. The van der Waals surface area contributed by atoms with Crippen LogP contribution in [0.4, 0.5) is 11.4 Å². The summed E-state index contributed by atoms with van der Waals surface area (Å²) >= 11 is 0. The van der Waals surface area contributed by atoms with Crippen LogP contribution in [0.1, 0.15) is 12.8 Å². The van der Waals surface area contributed by atoms with Crippen LogP contribution in [0, 0.1) is 0 Å². The van der Waals surface area contributed by atoms with Crippen LogP contribution in [-0.4, -0.2) is 33.4 Å². The fourth-order valence-corrected chi connectivity index (χ4v) is 2.20. The molecule has 1 atom stereocenters. The molecular formula is C13H20N2O2. The first-order valence-corrected chi connectivity index (χ1v) is 5.97. The molecule has 0 bridgehead atoms. The summed E-state index contributed by atoms with van der Waals surface area (Å²) in [5.74, 6) is 0.789. The van der Waals surface area contributed by atoms with Crippen LogP contribution in [0.25, 0.3) is 0 Å².